The zero-order valence-corrected chi connectivity index (χ0v) is 17.9. The van der Waals surface area contributed by atoms with E-state index in [0.29, 0.717) is 12.1 Å². The van der Waals surface area contributed by atoms with E-state index < -0.39 is 0 Å². The van der Waals surface area contributed by atoms with Crippen molar-refractivity contribution in [2.45, 2.75) is 57.2 Å². The fourth-order valence-electron chi connectivity index (χ4n) is 6.98. The second kappa shape index (κ2) is 7.63. The van der Waals surface area contributed by atoms with E-state index >= 15 is 0 Å². The standard InChI is InChI=1S/C28H30FNO/c29-24-8-5-19(6-9-24)18-31-27-10-7-23-3-1-2-4-25(23)26(27)17-30-28-14-20-11-21(15-28)13-22(12-20)16-28/h1-10,20-22,30H,11-18H2. The van der Waals surface area contributed by atoms with Crippen molar-refractivity contribution in [1.82, 2.24) is 5.32 Å². The van der Waals surface area contributed by atoms with Gasteiger partial charge in [0.15, 0.2) is 0 Å². The summed E-state index contributed by atoms with van der Waals surface area (Å²) in [5.41, 5.74) is 2.55. The molecule has 4 saturated carbocycles. The highest BCUT2D eigenvalue weighted by Crippen LogP contribution is 2.55. The Bertz CT molecular complexity index is 1050. The number of ether oxygens (including phenoxy) is 1. The first-order chi connectivity index (χ1) is 15.2. The minimum Gasteiger partial charge on any atom is -0.489 e. The highest BCUT2D eigenvalue weighted by atomic mass is 19.1. The van der Waals surface area contributed by atoms with Crippen LogP contribution in [-0.2, 0) is 13.2 Å². The molecule has 31 heavy (non-hydrogen) atoms. The summed E-state index contributed by atoms with van der Waals surface area (Å²) in [5, 5.41) is 6.56. The summed E-state index contributed by atoms with van der Waals surface area (Å²) >= 11 is 0. The lowest BCUT2D eigenvalue weighted by Crippen LogP contribution is -2.58. The molecule has 3 aromatic rings. The monoisotopic (exact) mass is 415 g/mol. The van der Waals surface area contributed by atoms with Crippen LogP contribution in [0.3, 0.4) is 0 Å². The predicted octanol–water partition coefficient (Wildman–Crippen LogP) is 6.62. The molecular weight excluding hydrogens is 385 g/mol. The normalized spacial score (nSPS) is 28.9. The molecule has 0 aliphatic heterocycles. The van der Waals surface area contributed by atoms with Crippen LogP contribution in [0.2, 0.25) is 0 Å². The zero-order chi connectivity index (χ0) is 20.8. The van der Waals surface area contributed by atoms with Crippen LogP contribution in [0.25, 0.3) is 10.8 Å². The van der Waals surface area contributed by atoms with Crippen LogP contribution < -0.4 is 10.1 Å². The van der Waals surface area contributed by atoms with E-state index in [-0.39, 0.29) is 5.82 Å². The Balaban J connectivity index is 1.27. The number of halogens is 1. The lowest BCUT2D eigenvalue weighted by atomic mass is 9.53. The Labute approximate surface area is 183 Å². The molecule has 4 aliphatic rings. The molecule has 2 nitrogen and oxygen atoms in total. The summed E-state index contributed by atoms with van der Waals surface area (Å²) in [7, 11) is 0. The second-order valence-corrected chi connectivity index (χ2v) is 10.2. The molecule has 0 unspecified atom stereocenters. The molecule has 0 saturated heterocycles. The van der Waals surface area contributed by atoms with Gasteiger partial charge in [-0.25, -0.2) is 4.39 Å². The van der Waals surface area contributed by atoms with Gasteiger partial charge < -0.3 is 10.1 Å². The van der Waals surface area contributed by atoms with Crippen molar-refractivity contribution in [2.24, 2.45) is 17.8 Å². The molecule has 0 amide bonds. The number of nitrogens with one attached hydrogen (secondary N) is 1. The molecule has 1 N–H and O–H groups in total. The van der Waals surface area contributed by atoms with E-state index in [1.165, 1.54) is 67.0 Å². The molecule has 160 valence electrons. The molecular formula is C28H30FNO. The molecule has 0 heterocycles. The van der Waals surface area contributed by atoms with Gasteiger partial charge >= 0.3 is 0 Å². The summed E-state index contributed by atoms with van der Waals surface area (Å²) < 4.78 is 19.5. The Morgan fingerprint density at radius 1 is 0.839 bits per heavy atom. The molecule has 4 bridgehead atoms. The third-order valence-corrected chi connectivity index (χ3v) is 7.98. The van der Waals surface area contributed by atoms with Crippen LogP contribution in [-0.4, -0.2) is 5.54 Å². The average molecular weight is 416 g/mol. The summed E-state index contributed by atoms with van der Waals surface area (Å²) in [6.45, 7) is 1.29. The summed E-state index contributed by atoms with van der Waals surface area (Å²) in [5.74, 6) is 3.51. The number of rotatable bonds is 6. The Morgan fingerprint density at radius 2 is 1.52 bits per heavy atom. The summed E-state index contributed by atoms with van der Waals surface area (Å²) in [6, 6.07) is 19.4. The fraction of sp³-hybridized carbons (Fsp3) is 0.429. The first-order valence-electron chi connectivity index (χ1n) is 11.8. The van der Waals surface area contributed by atoms with Crippen LogP contribution in [0.4, 0.5) is 4.39 Å². The lowest BCUT2D eigenvalue weighted by molar-refractivity contribution is -0.0206. The van der Waals surface area contributed by atoms with E-state index in [0.717, 1.165) is 35.6 Å². The quantitative estimate of drug-likeness (QED) is 0.489. The van der Waals surface area contributed by atoms with Crippen LogP contribution >= 0.6 is 0 Å². The molecule has 0 aromatic heterocycles. The molecule has 0 spiro atoms. The van der Waals surface area contributed by atoms with Gasteiger partial charge in [-0.05, 0) is 90.8 Å². The van der Waals surface area contributed by atoms with Crippen molar-refractivity contribution in [3.63, 3.8) is 0 Å². The van der Waals surface area contributed by atoms with Crippen LogP contribution in [0.15, 0.2) is 60.7 Å². The topological polar surface area (TPSA) is 21.3 Å². The second-order valence-electron chi connectivity index (χ2n) is 10.2. The fourth-order valence-corrected chi connectivity index (χ4v) is 6.98. The van der Waals surface area contributed by atoms with Gasteiger partial charge in [-0.1, -0.05) is 42.5 Å². The number of benzene rings is 3. The van der Waals surface area contributed by atoms with Crippen molar-refractivity contribution >= 4 is 10.8 Å². The minimum absolute atomic E-state index is 0.213. The highest BCUT2D eigenvalue weighted by Gasteiger charge is 2.50. The minimum atomic E-state index is -0.213. The predicted molar refractivity (Wildman–Crippen MR) is 122 cm³/mol. The van der Waals surface area contributed by atoms with Crippen molar-refractivity contribution in [2.75, 3.05) is 0 Å². The van der Waals surface area contributed by atoms with Gasteiger partial charge in [0.25, 0.3) is 0 Å². The maximum absolute atomic E-state index is 13.2. The van der Waals surface area contributed by atoms with E-state index in [1.807, 2.05) is 0 Å². The van der Waals surface area contributed by atoms with Crippen molar-refractivity contribution in [3.8, 4) is 5.75 Å². The van der Waals surface area contributed by atoms with Gasteiger partial charge in [0.1, 0.15) is 18.2 Å². The summed E-state index contributed by atoms with van der Waals surface area (Å²) in [4.78, 5) is 0. The highest BCUT2D eigenvalue weighted by molar-refractivity contribution is 5.87. The van der Waals surface area contributed by atoms with Crippen LogP contribution in [0, 0.1) is 23.6 Å². The molecule has 4 fully saturated rings. The SMILES string of the molecule is Fc1ccc(COc2ccc3ccccc3c2CNC23CC4CC(CC(C4)C2)C3)cc1. The van der Waals surface area contributed by atoms with E-state index in [9.17, 15) is 4.39 Å². The first kappa shape index (κ1) is 19.3. The first-order valence-corrected chi connectivity index (χ1v) is 11.8. The maximum atomic E-state index is 13.2. The molecule has 3 aromatic carbocycles. The van der Waals surface area contributed by atoms with Gasteiger partial charge in [0.05, 0.1) is 0 Å². The van der Waals surface area contributed by atoms with Gasteiger partial charge in [-0.15, -0.1) is 0 Å². The average Bonchev–Trinajstić information content (AvgIpc) is 2.76. The number of hydrogen-bond acceptors (Lipinski definition) is 2. The molecule has 3 heteroatoms. The molecule has 0 atom stereocenters. The van der Waals surface area contributed by atoms with Gasteiger partial charge in [0, 0.05) is 17.6 Å². The van der Waals surface area contributed by atoms with Crippen molar-refractivity contribution in [3.05, 3.63) is 77.6 Å². The maximum Gasteiger partial charge on any atom is 0.124 e. The van der Waals surface area contributed by atoms with Gasteiger partial charge in [0.2, 0.25) is 0 Å². The lowest BCUT2D eigenvalue weighted by Gasteiger charge is -2.57. The van der Waals surface area contributed by atoms with Crippen molar-refractivity contribution < 1.29 is 9.13 Å². The molecule has 7 rings (SSSR count). The molecule has 0 radical (unpaired) electrons. The van der Waals surface area contributed by atoms with E-state index in [1.54, 1.807) is 12.1 Å². The number of fused-ring (bicyclic) bond motifs is 1. The third-order valence-electron chi connectivity index (χ3n) is 7.98. The Hall–Kier alpha value is -2.39. The Kier molecular flexibility index (Phi) is 4.75. The summed E-state index contributed by atoms with van der Waals surface area (Å²) in [6.07, 6.45) is 8.41. The van der Waals surface area contributed by atoms with Gasteiger partial charge in [-0.3, -0.25) is 0 Å². The van der Waals surface area contributed by atoms with Crippen molar-refractivity contribution in [1.29, 1.82) is 0 Å². The smallest absolute Gasteiger partial charge is 0.124 e. The van der Waals surface area contributed by atoms with Gasteiger partial charge in [-0.2, -0.15) is 0 Å². The van der Waals surface area contributed by atoms with Crippen LogP contribution in [0.1, 0.15) is 49.7 Å². The van der Waals surface area contributed by atoms with Crippen LogP contribution in [0.5, 0.6) is 5.75 Å². The van der Waals surface area contributed by atoms with E-state index in [2.05, 4.69) is 41.7 Å². The third kappa shape index (κ3) is 3.74. The Morgan fingerprint density at radius 3 is 2.23 bits per heavy atom. The largest absolute Gasteiger partial charge is 0.489 e. The molecule has 4 aliphatic carbocycles. The zero-order valence-electron chi connectivity index (χ0n) is 17.9. The van der Waals surface area contributed by atoms with E-state index in [4.69, 9.17) is 4.74 Å². The number of hydrogen-bond donors (Lipinski definition) is 1.